The highest BCUT2D eigenvalue weighted by atomic mass is 32.2. The average Bonchev–Trinajstić information content (AvgIpc) is 2.90. The largest absolute Gasteiger partial charge is 0.480 e. The van der Waals surface area contributed by atoms with Crippen LogP contribution in [0.3, 0.4) is 0 Å². The lowest BCUT2D eigenvalue weighted by molar-refractivity contribution is -0.141. The Balaban J connectivity index is 2.09. The van der Waals surface area contributed by atoms with E-state index in [1.807, 2.05) is 6.92 Å². The quantitative estimate of drug-likeness (QED) is 0.814. The van der Waals surface area contributed by atoms with Crippen molar-refractivity contribution in [2.24, 2.45) is 0 Å². The zero-order valence-corrected chi connectivity index (χ0v) is 12.9. The third-order valence-corrected chi connectivity index (χ3v) is 5.56. The van der Waals surface area contributed by atoms with Crippen molar-refractivity contribution in [3.05, 3.63) is 0 Å². The molecule has 0 saturated carbocycles. The number of rotatable bonds is 3. The maximum atomic E-state index is 12.7. The summed E-state index contributed by atoms with van der Waals surface area (Å²) >= 11 is 1.56. The molecule has 0 spiro atoms. The molecule has 0 aliphatic carbocycles. The summed E-state index contributed by atoms with van der Waals surface area (Å²) in [6, 6.07) is -0.621. The topological polar surface area (TPSA) is 72.9 Å². The Morgan fingerprint density at radius 3 is 2.60 bits per heavy atom. The molecule has 2 rings (SSSR count). The number of carboxylic acid groups (broad SMARTS) is 1. The standard InChI is InChI=1S/C13H23N3O3S/c1-3-11-16(10(8-20-11)12(17)18)13(19)15(2)9-4-6-14-7-5-9/h9-11,14H,3-8H2,1-2H3,(H,17,18). The van der Waals surface area contributed by atoms with Gasteiger partial charge in [0.15, 0.2) is 0 Å². The van der Waals surface area contributed by atoms with Gasteiger partial charge in [-0.15, -0.1) is 11.8 Å². The second-order valence-electron chi connectivity index (χ2n) is 5.33. The Labute approximate surface area is 123 Å². The Morgan fingerprint density at radius 1 is 1.40 bits per heavy atom. The number of piperidine rings is 1. The van der Waals surface area contributed by atoms with Crippen molar-refractivity contribution < 1.29 is 14.7 Å². The van der Waals surface area contributed by atoms with Crippen molar-refractivity contribution in [3.8, 4) is 0 Å². The van der Waals surface area contributed by atoms with Gasteiger partial charge in [-0.2, -0.15) is 0 Å². The zero-order valence-electron chi connectivity index (χ0n) is 12.0. The van der Waals surface area contributed by atoms with Crippen LogP contribution in [0.1, 0.15) is 26.2 Å². The number of carbonyl (C=O) groups excluding carboxylic acids is 1. The summed E-state index contributed by atoms with van der Waals surface area (Å²) in [5.41, 5.74) is 0. The zero-order chi connectivity index (χ0) is 14.7. The molecule has 0 bridgehead atoms. The third kappa shape index (κ3) is 3.03. The Morgan fingerprint density at radius 2 is 2.05 bits per heavy atom. The van der Waals surface area contributed by atoms with Crippen molar-refractivity contribution in [1.29, 1.82) is 0 Å². The lowest BCUT2D eigenvalue weighted by Gasteiger charge is -2.37. The Kier molecular flexibility index (Phi) is 5.15. The highest BCUT2D eigenvalue weighted by molar-refractivity contribution is 8.00. The minimum atomic E-state index is -0.902. The van der Waals surface area contributed by atoms with Gasteiger partial charge in [0.25, 0.3) is 0 Å². The van der Waals surface area contributed by atoms with Gasteiger partial charge in [-0.05, 0) is 32.4 Å². The van der Waals surface area contributed by atoms with Crippen molar-refractivity contribution in [1.82, 2.24) is 15.1 Å². The van der Waals surface area contributed by atoms with Gasteiger partial charge in [0.2, 0.25) is 0 Å². The van der Waals surface area contributed by atoms with Crippen LogP contribution in [0, 0.1) is 0 Å². The first-order valence-corrected chi connectivity index (χ1v) is 8.21. The second-order valence-corrected chi connectivity index (χ2v) is 6.54. The first-order chi connectivity index (χ1) is 9.56. The summed E-state index contributed by atoms with van der Waals surface area (Å²) in [6.45, 7) is 3.82. The van der Waals surface area contributed by atoms with Crippen LogP contribution in [0.15, 0.2) is 0 Å². The molecule has 2 fully saturated rings. The molecular formula is C13H23N3O3S. The van der Waals surface area contributed by atoms with Crippen LogP contribution >= 0.6 is 11.8 Å². The second kappa shape index (κ2) is 6.67. The van der Waals surface area contributed by atoms with E-state index in [9.17, 15) is 14.7 Å². The molecule has 114 valence electrons. The fraction of sp³-hybridized carbons (Fsp3) is 0.846. The third-order valence-electron chi connectivity index (χ3n) is 4.11. The van der Waals surface area contributed by atoms with Crippen LogP contribution in [0.2, 0.25) is 0 Å². The van der Waals surface area contributed by atoms with E-state index in [1.165, 1.54) is 0 Å². The Bertz CT molecular complexity index is 374. The maximum Gasteiger partial charge on any atom is 0.327 e. The average molecular weight is 301 g/mol. The molecule has 2 heterocycles. The number of hydrogen-bond acceptors (Lipinski definition) is 4. The SMILES string of the molecule is CCC1SCC(C(=O)O)N1C(=O)N(C)C1CCNCC1. The molecule has 20 heavy (non-hydrogen) atoms. The van der Waals surface area contributed by atoms with E-state index in [-0.39, 0.29) is 17.4 Å². The maximum absolute atomic E-state index is 12.7. The molecule has 7 heteroatoms. The van der Waals surface area contributed by atoms with Crippen LogP contribution in [0.4, 0.5) is 4.79 Å². The monoisotopic (exact) mass is 301 g/mol. The molecule has 2 unspecified atom stereocenters. The number of nitrogens with zero attached hydrogens (tertiary/aromatic N) is 2. The van der Waals surface area contributed by atoms with Crippen LogP contribution in [-0.4, -0.2) is 70.3 Å². The summed E-state index contributed by atoms with van der Waals surface area (Å²) < 4.78 is 0. The lowest BCUT2D eigenvalue weighted by atomic mass is 10.1. The van der Waals surface area contributed by atoms with Crippen molar-refractivity contribution in [3.63, 3.8) is 0 Å². The van der Waals surface area contributed by atoms with Crippen LogP contribution < -0.4 is 5.32 Å². The molecule has 2 amide bonds. The van der Waals surface area contributed by atoms with Crippen molar-refractivity contribution in [2.45, 2.75) is 43.6 Å². The molecule has 2 aliphatic rings. The summed E-state index contributed by atoms with van der Waals surface area (Å²) in [6.07, 6.45) is 2.63. The summed E-state index contributed by atoms with van der Waals surface area (Å²) in [7, 11) is 1.80. The minimum absolute atomic E-state index is 0.0206. The molecule has 2 N–H and O–H groups in total. The number of carboxylic acids is 1. The van der Waals surface area contributed by atoms with Crippen LogP contribution in [0.5, 0.6) is 0 Å². The summed E-state index contributed by atoms with van der Waals surface area (Å²) in [5, 5.41) is 12.6. The number of carbonyl (C=O) groups is 2. The van der Waals surface area contributed by atoms with Gasteiger partial charge in [-0.1, -0.05) is 6.92 Å². The normalized spacial score (nSPS) is 27.6. The summed E-state index contributed by atoms with van der Waals surface area (Å²) in [4.78, 5) is 27.3. The smallest absolute Gasteiger partial charge is 0.327 e. The number of thioether (sulfide) groups is 1. The number of aliphatic carboxylic acids is 1. The van der Waals surface area contributed by atoms with Crippen molar-refractivity contribution >= 4 is 23.8 Å². The lowest BCUT2D eigenvalue weighted by Crippen LogP contribution is -2.54. The van der Waals surface area contributed by atoms with Crippen LogP contribution in [-0.2, 0) is 4.79 Å². The summed E-state index contributed by atoms with van der Waals surface area (Å²) in [5.74, 6) is -0.417. The number of hydrogen-bond donors (Lipinski definition) is 2. The van der Waals surface area contributed by atoms with Gasteiger partial charge < -0.3 is 15.3 Å². The van der Waals surface area contributed by atoms with Gasteiger partial charge in [0, 0.05) is 18.8 Å². The van der Waals surface area contributed by atoms with E-state index in [2.05, 4.69) is 5.32 Å². The minimum Gasteiger partial charge on any atom is -0.480 e. The van der Waals surface area contributed by atoms with E-state index in [0.29, 0.717) is 5.75 Å². The molecule has 2 atom stereocenters. The van der Waals surface area contributed by atoms with E-state index < -0.39 is 12.0 Å². The van der Waals surface area contributed by atoms with E-state index in [0.717, 1.165) is 32.4 Å². The number of urea groups is 1. The van der Waals surface area contributed by atoms with E-state index in [4.69, 9.17) is 0 Å². The van der Waals surface area contributed by atoms with Gasteiger partial charge >= 0.3 is 12.0 Å². The first kappa shape index (κ1) is 15.4. The fourth-order valence-electron chi connectivity index (χ4n) is 2.86. The fourth-order valence-corrected chi connectivity index (χ4v) is 4.20. The predicted octanol–water partition coefficient (Wildman–Crippen LogP) is 1.03. The molecule has 0 aromatic heterocycles. The molecule has 2 saturated heterocycles. The predicted molar refractivity (Wildman–Crippen MR) is 78.9 cm³/mol. The molecule has 0 aromatic carbocycles. The van der Waals surface area contributed by atoms with Gasteiger partial charge in [-0.25, -0.2) is 9.59 Å². The van der Waals surface area contributed by atoms with Crippen LogP contribution in [0.25, 0.3) is 0 Å². The Hall–Kier alpha value is -0.950. The highest BCUT2D eigenvalue weighted by Gasteiger charge is 2.42. The van der Waals surface area contributed by atoms with Gasteiger partial charge in [0.05, 0.1) is 5.37 Å². The van der Waals surface area contributed by atoms with E-state index in [1.54, 1.807) is 28.6 Å². The molecule has 0 aromatic rings. The molecule has 6 nitrogen and oxygen atoms in total. The number of amides is 2. The highest BCUT2D eigenvalue weighted by Crippen LogP contribution is 2.32. The van der Waals surface area contributed by atoms with E-state index >= 15 is 0 Å². The van der Waals surface area contributed by atoms with Gasteiger partial charge in [-0.3, -0.25) is 4.90 Å². The first-order valence-electron chi connectivity index (χ1n) is 7.16. The molecule has 2 aliphatic heterocycles. The van der Waals surface area contributed by atoms with Crippen molar-refractivity contribution in [2.75, 3.05) is 25.9 Å². The molecular weight excluding hydrogens is 278 g/mol. The van der Waals surface area contributed by atoms with Gasteiger partial charge in [0.1, 0.15) is 6.04 Å². The number of nitrogens with one attached hydrogen (secondary N) is 1. The molecule has 0 radical (unpaired) electrons.